The normalized spacial score (nSPS) is 8.78. The number of nitrogens with one attached hydrogen (secondary N) is 1. The summed E-state index contributed by atoms with van der Waals surface area (Å²) in [6, 6.07) is 0. The highest BCUT2D eigenvalue weighted by Gasteiger charge is 1.85. The molecule has 0 amide bonds. The van der Waals surface area contributed by atoms with E-state index < -0.39 is 0 Å². The Morgan fingerprint density at radius 2 is 2.00 bits per heavy atom. The van der Waals surface area contributed by atoms with Crippen LogP contribution >= 0.6 is 0 Å². The number of allylic oxidation sites excluding steroid dienone is 1. The maximum Gasteiger partial charge on any atom is 0.0636 e. The van der Waals surface area contributed by atoms with Crippen LogP contribution in [0.2, 0.25) is 0 Å². The first-order chi connectivity index (χ1) is 4.35. The van der Waals surface area contributed by atoms with Crippen molar-refractivity contribution in [1.29, 1.82) is 0 Å². The van der Waals surface area contributed by atoms with E-state index in [4.69, 9.17) is 0 Å². The van der Waals surface area contributed by atoms with Gasteiger partial charge in [-0.2, -0.15) is 0 Å². The molecule has 0 aliphatic carbocycles. The zero-order chi connectivity index (χ0) is 7.11. The highest BCUT2D eigenvalue weighted by Crippen LogP contribution is 2.02. The molecule has 54 valence electrons. The Balaban J connectivity index is 3.48. The largest absolute Gasteiger partial charge is 0.280 e. The second kappa shape index (κ2) is 5.63. The summed E-state index contributed by atoms with van der Waals surface area (Å²) in [4.78, 5) is 4.65. The Morgan fingerprint density at radius 1 is 1.44 bits per heavy atom. The van der Waals surface area contributed by atoms with Gasteiger partial charge in [0.1, 0.15) is 0 Å². The molecule has 0 aromatic heterocycles. The Labute approximate surface area is 56.9 Å². The van der Waals surface area contributed by atoms with Gasteiger partial charge in [0.2, 0.25) is 0 Å². The molecule has 0 radical (unpaired) electrons. The number of hydroxylamine groups is 1. The van der Waals surface area contributed by atoms with Crippen LogP contribution in [0.4, 0.5) is 0 Å². The SMILES string of the molecule is CCC(=CNOC)CC. The fourth-order valence-electron chi connectivity index (χ4n) is 0.596. The molecule has 0 bridgehead atoms. The fraction of sp³-hybridized carbons (Fsp3) is 0.714. The van der Waals surface area contributed by atoms with Crippen LogP contribution in [0.15, 0.2) is 11.8 Å². The second-order valence-corrected chi connectivity index (χ2v) is 1.83. The molecule has 2 nitrogen and oxygen atoms in total. The van der Waals surface area contributed by atoms with Crippen molar-refractivity contribution < 1.29 is 4.84 Å². The summed E-state index contributed by atoms with van der Waals surface area (Å²) in [6.45, 7) is 4.26. The summed E-state index contributed by atoms with van der Waals surface area (Å²) in [6.07, 6.45) is 4.08. The smallest absolute Gasteiger partial charge is 0.0636 e. The van der Waals surface area contributed by atoms with Crippen LogP contribution < -0.4 is 5.48 Å². The van der Waals surface area contributed by atoms with Crippen LogP contribution in [0.3, 0.4) is 0 Å². The molecule has 0 unspecified atom stereocenters. The molecular formula is C7H15NO. The molecule has 0 atom stereocenters. The molecule has 0 saturated carbocycles. The maximum atomic E-state index is 4.65. The molecule has 0 rings (SSSR count). The van der Waals surface area contributed by atoms with E-state index in [-0.39, 0.29) is 0 Å². The fourth-order valence-corrected chi connectivity index (χ4v) is 0.596. The van der Waals surface area contributed by atoms with Gasteiger partial charge in [-0.25, -0.2) is 0 Å². The zero-order valence-corrected chi connectivity index (χ0v) is 6.40. The lowest BCUT2D eigenvalue weighted by Crippen LogP contribution is -2.02. The quantitative estimate of drug-likeness (QED) is 0.585. The van der Waals surface area contributed by atoms with Gasteiger partial charge in [0, 0.05) is 6.20 Å². The summed E-state index contributed by atoms with van der Waals surface area (Å²) in [5, 5.41) is 0. The Kier molecular flexibility index (Phi) is 5.32. The van der Waals surface area contributed by atoms with Gasteiger partial charge in [-0.1, -0.05) is 19.4 Å². The minimum Gasteiger partial charge on any atom is -0.280 e. The molecule has 0 aromatic rings. The lowest BCUT2D eigenvalue weighted by atomic mass is 10.2. The third-order valence-corrected chi connectivity index (χ3v) is 1.29. The number of hydrogen-bond acceptors (Lipinski definition) is 2. The van der Waals surface area contributed by atoms with Crippen LogP contribution in [-0.4, -0.2) is 7.11 Å². The lowest BCUT2D eigenvalue weighted by molar-refractivity contribution is 0.127. The van der Waals surface area contributed by atoms with Crippen molar-refractivity contribution in [3.05, 3.63) is 11.8 Å². The van der Waals surface area contributed by atoms with E-state index in [2.05, 4.69) is 24.2 Å². The molecule has 9 heavy (non-hydrogen) atoms. The van der Waals surface area contributed by atoms with E-state index in [0.717, 1.165) is 12.8 Å². The maximum absolute atomic E-state index is 4.65. The van der Waals surface area contributed by atoms with Gasteiger partial charge >= 0.3 is 0 Å². The highest BCUT2D eigenvalue weighted by atomic mass is 16.6. The van der Waals surface area contributed by atoms with Gasteiger partial charge < -0.3 is 0 Å². The second-order valence-electron chi connectivity index (χ2n) is 1.83. The van der Waals surface area contributed by atoms with Crippen LogP contribution in [0, 0.1) is 0 Å². The molecule has 0 heterocycles. The highest BCUT2D eigenvalue weighted by molar-refractivity contribution is 4.97. The Hall–Kier alpha value is -0.500. The summed E-state index contributed by atoms with van der Waals surface area (Å²) >= 11 is 0. The summed E-state index contributed by atoms with van der Waals surface area (Å²) in [5.74, 6) is 0. The summed E-state index contributed by atoms with van der Waals surface area (Å²) in [5.41, 5.74) is 4.06. The first kappa shape index (κ1) is 8.50. The van der Waals surface area contributed by atoms with Crippen LogP contribution in [0.25, 0.3) is 0 Å². The van der Waals surface area contributed by atoms with E-state index in [1.54, 1.807) is 7.11 Å². The Morgan fingerprint density at radius 3 is 2.33 bits per heavy atom. The van der Waals surface area contributed by atoms with Crippen molar-refractivity contribution in [2.75, 3.05) is 7.11 Å². The molecular weight excluding hydrogens is 114 g/mol. The average molecular weight is 129 g/mol. The van der Waals surface area contributed by atoms with Crippen LogP contribution in [0.1, 0.15) is 26.7 Å². The molecule has 2 heteroatoms. The molecule has 0 aliphatic heterocycles. The van der Waals surface area contributed by atoms with E-state index in [0.29, 0.717) is 0 Å². The third-order valence-electron chi connectivity index (χ3n) is 1.29. The molecule has 0 saturated heterocycles. The van der Waals surface area contributed by atoms with Gasteiger partial charge in [-0.15, -0.1) is 0 Å². The number of hydrogen-bond donors (Lipinski definition) is 1. The first-order valence-electron chi connectivity index (χ1n) is 3.31. The topological polar surface area (TPSA) is 21.3 Å². The number of rotatable bonds is 4. The first-order valence-corrected chi connectivity index (χ1v) is 3.31. The summed E-state index contributed by atoms with van der Waals surface area (Å²) in [7, 11) is 1.61. The van der Waals surface area contributed by atoms with Crippen LogP contribution in [0.5, 0.6) is 0 Å². The molecule has 0 aromatic carbocycles. The predicted octanol–water partition coefficient (Wildman–Crippen LogP) is 1.84. The van der Waals surface area contributed by atoms with Crippen molar-refractivity contribution >= 4 is 0 Å². The van der Waals surface area contributed by atoms with Crippen molar-refractivity contribution in [3.8, 4) is 0 Å². The van der Waals surface area contributed by atoms with Crippen molar-refractivity contribution in [2.45, 2.75) is 26.7 Å². The Bertz CT molecular complexity index is 82.9. The van der Waals surface area contributed by atoms with Gasteiger partial charge in [0.15, 0.2) is 0 Å². The molecule has 0 fully saturated rings. The van der Waals surface area contributed by atoms with E-state index in [9.17, 15) is 0 Å². The van der Waals surface area contributed by atoms with Gasteiger partial charge in [-0.05, 0) is 12.8 Å². The molecule has 0 spiro atoms. The van der Waals surface area contributed by atoms with Crippen molar-refractivity contribution in [3.63, 3.8) is 0 Å². The summed E-state index contributed by atoms with van der Waals surface area (Å²) < 4.78 is 0. The van der Waals surface area contributed by atoms with Gasteiger partial charge in [-0.3, -0.25) is 10.3 Å². The van der Waals surface area contributed by atoms with E-state index >= 15 is 0 Å². The minimum atomic E-state index is 1.09. The van der Waals surface area contributed by atoms with Crippen molar-refractivity contribution in [2.24, 2.45) is 0 Å². The molecule has 1 N–H and O–H groups in total. The zero-order valence-electron chi connectivity index (χ0n) is 6.40. The van der Waals surface area contributed by atoms with Gasteiger partial charge in [0.25, 0.3) is 0 Å². The lowest BCUT2D eigenvalue weighted by Gasteiger charge is -1.99. The monoisotopic (exact) mass is 129 g/mol. The predicted molar refractivity (Wildman–Crippen MR) is 38.8 cm³/mol. The third kappa shape index (κ3) is 4.03. The minimum absolute atomic E-state index is 1.09. The standard InChI is InChI=1S/C7H15NO/c1-4-7(5-2)6-8-9-3/h6,8H,4-5H2,1-3H3. The van der Waals surface area contributed by atoms with E-state index in [1.165, 1.54) is 5.57 Å². The average Bonchev–Trinajstić information content (AvgIpc) is 1.91. The van der Waals surface area contributed by atoms with Crippen LogP contribution in [-0.2, 0) is 4.84 Å². The van der Waals surface area contributed by atoms with Gasteiger partial charge in [0.05, 0.1) is 7.11 Å². The molecule has 0 aliphatic rings. The van der Waals surface area contributed by atoms with E-state index in [1.807, 2.05) is 6.20 Å². The van der Waals surface area contributed by atoms with Crippen molar-refractivity contribution in [1.82, 2.24) is 5.48 Å².